The topological polar surface area (TPSA) is 127 Å². The lowest BCUT2D eigenvalue weighted by Crippen LogP contribution is -2.46. The number of aliphatic hydroxyl groups excluding tert-OH is 1. The van der Waals surface area contributed by atoms with Crippen molar-refractivity contribution in [3.05, 3.63) is 102 Å². The van der Waals surface area contributed by atoms with E-state index in [2.05, 4.69) is 20.0 Å². The van der Waals surface area contributed by atoms with E-state index in [1.807, 2.05) is 36.4 Å². The molecule has 0 unspecified atom stereocenters. The monoisotopic (exact) mass is 552 g/mol. The summed E-state index contributed by atoms with van der Waals surface area (Å²) in [5, 5.41) is 14.0. The molecule has 0 radical (unpaired) electrons. The van der Waals surface area contributed by atoms with Crippen molar-refractivity contribution in [2.24, 2.45) is 11.7 Å². The fraction of sp³-hybridized carbons (Fsp3) is 0.241. The molecule has 0 aliphatic rings. The zero-order chi connectivity index (χ0) is 28.7. The van der Waals surface area contributed by atoms with Crippen LogP contribution < -0.4 is 15.8 Å². The molecule has 11 heteroatoms. The molecule has 4 N–H and O–H groups in total. The lowest BCUT2D eigenvalue weighted by atomic mass is 9.89. The number of fused-ring (bicyclic) bond motifs is 1. The van der Waals surface area contributed by atoms with E-state index in [1.165, 1.54) is 18.3 Å². The first-order chi connectivity index (χ1) is 19.1. The molecular formula is C29H27F3N4O4. The van der Waals surface area contributed by atoms with Gasteiger partial charge in [-0.05, 0) is 54.7 Å². The molecule has 8 nitrogen and oxygen atoms in total. The van der Waals surface area contributed by atoms with Crippen LogP contribution in [0.2, 0.25) is 0 Å². The summed E-state index contributed by atoms with van der Waals surface area (Å²) in [6.07, 6.45) is -4.44. The normalized spacial score (nSPS) is 13.8. The minimum Gasteiger partial charge on any atom is -0.406 e. The number of hydrogen-bond donors (Lipinski definition) is 3. The number of aromatic nitrogens is 2. The van der Waals surface area contributed by atoms with E-state index in [9.17, 15) is 27.9 Å². The SMILES string of the molecule is NC(=O)[C@H](Cc1ccc(OC(F)(F)F)cc1)C[C@H](O)[C@H](Cc1ccccc1)NC(=O)c1cnc2ccccc2n1. The van der Waals surface area contributed by atoms with Gasteiger partial charge in [-0.1, -0.05) is 54.6 Å². The van der Waals surface area contributed by atoms with Gasteiger partial charge in [0.15, 0.2) is 0 Å². The molecular weight excluding hydrogens is 525 g/mol. The van der Waals surface area contributed by atoms with Crippen LogP contribution in [0.3, 0.4) is 0 Å². The highest BCUT2D eigenvalue weighted by Gasteiger charge is 2.31. The third-order valence-corrected chi connectivity index (χ3v) is 6.33. The number of para-hydroxylation sites is 2. The number of nitrogens with two attached hydrogens (primary N) is 1. The highest BCUT2D eigenvalue weighted by molar-refractivity contribution is 5.94. The van der Waals surface area contributed by atoms with Crippen LogP contribution >= 0.6 is 0 Å². The van der Waals surface area contributed by atoms with E-state index in [-0.39, 0.29) is 25.0 Å². The molecule has 0 bridgehead atoms. The summed E-state index contributed by atoms with van der Waals surface area (Å²) in [6.45, 7) is 0. The Bertz CT molecular complexity index is 1450. The lowest BCUT2D eigenvalue weighted by Gasteiger charge is -2.27. The molecule has 3 atom stereocenters. The van der Waals surface area contributed by atoms with Crippen LogP contribution in [0, 0.1) is 5.92 Å². The molecule has 0 spiro atoms. The molecule has 2 amide bonds. The molecule has 4 rings (SSSR count). The van der Waals surface area contributed by atoms with Gasteiger partial charge < -0.3 is 20.9 Å². The second-order valence-electron chi connectivity index (χ2n) is 9.31. The van der Waals surface area contributed by atoms with Crippen molar-refractivity contribution in [1.29, 1.82) is 0 Å². The van der Waals surface area contributed by atoms with Gasteiger partial charge in [-0.15, -0.1) is 13.2 Å². The number of primary amides is 1. The summed E-state index contributed by atoms with van der Waals surface area (Å²) < 4.78 is 41.2. The molecule has 1 aromatic heterocycles. The van der Waals surface area contributed by atoms with E-state index in [0.717, 1.165) is 17.7 Å². The molecule has 208 valence electrons. The number of alkyl halides is 3. The number of aliphatic hydroxyl groups is 1. The van der Waals surface area contributed by atoms with Crippen molar-refractivity contribution >= 4 is 22.8 Å². The third kappa shape index (κ3) is 8.00. The molecule has 0 fully saturated rings. The van der Waals surface area contributed by atoms with Gasteiger partial charge >= 0.3 is 6.36 Å². The molecule has 0 saturated carbocycles. The summed E-state index contributed by atoms with van der Waals surface area (Å²) in [4.78, 5) is 34.0. The van der Waals surface area contributed by atoms with Crippen molar-refractivity contribution in [3.63, 3.8) is 0 Å². The van der Waals surface area contributed by atoms with Crippen LogP contribution in [-0.2, 0) is 17.6 Å². The predicted molar refractivity (Wildman–Crippen MR) is 141 cm³/mol. The number of nitrogens with zero attached hydrogens (tertiary/aromatic N) is 2. The molecule has 0 aliphatic carbocycles. The molecule has 0 saturated heterocycles. The van der Waals surface area contributed by atoms with E-state index in [1.54, 1.807) is 18.2 Å². The lowest BCUT2D eigenvalue weighted by molar-refractivity contribution is -0.274. The number of amides is 2. The number of benzene rings is 3. The number of nitrogens with one attached hydrogen (secondary N) is 1. The number of hydrogen-bond acceptors (Lipinski definition) is 6. The number of halogens is 3. The number of rotatable bonds is 11. The maximum absolute atomic E-state index is 13.1. The minimum atomic E-state index is -4.82. The van der Waals surface area contributed by atoms with E-state index in [4.69, 9.17) is 5.73 Å². The standard InChI is InChI=1S/C29H27F3N4O4/c30-29(31,32)40-21-12-10-19(11-13-21)14-20(27(33)38)16-26(37)24(15-18-6-2-1-3-7-18)36-28(39)25-17-34-22-8-4-5-9-23(22)35-25/h1-13,17,20,24,26,37H,14-16H2,(H2,33,38)(H,36,39)/t20-,24+,26+/m1/s1. The van der Waals surface area contributed by atoms with Gasteiger partial charge in [-0.3, -0.25) is 14.6 Å². The quantitative estimate of drug-likeness (QED) is 0.259. The Morgan fingerprint density at radius 1 is 0.900 bits per heavy atom. The van der Waals surface area contributed by atoms with Crippen molar-refractivity contribution in [2.45, 2.75) is 37.8 Å². The first-order valence-corrected chi connectivity index (χ1v) is 12.5. The van der Waals surface area contributed by atoms with Crippen LogP contribution in [0.5, 0.6) is 5.75 Å². The summed E-state index contributed by atoms with van der Waals surface area (Å²) >= 11 is 0. The fourth-order valence-corrected chi connectivity index (χ4v) is 4.33. The number of carbonyl (C=O) groups excluding carboxylic acids is 2. The van der Waals surface area contributed by atoms with Crippen LogP contribution in [0.25, 0.3) is 11.0 Å². The third-order valence-electron chi connectivity index (χ3n) is 6.33. The molecule has 3 aromatic carbocycles. The van der Waals surface area contributed by atoms with E-state index in [0.29, 0.717) is 16.6 Å². The van der Waals surface area contributed by atoms with Gasteiger partial charge in [0.1, 0.15) is 11.4 Å². The van der Waals surface area contributed by atoms with Gasteiger partial charge in [0, 0.05) is 5.92 Å². The van der Waals surface area contributed by atoms with Crippen LogP contribution in [-0.4, -0.2) is 45.4 Å². The average molecular weight is 553 g/mol. The smallest absolute Gasteiger partial charge is 0.406 e. The van der Waals surface area contributed by atoms with E-state index >= 15 is 0 Å². The first-order valence-electron chi connectivity index (χ1n) is 12.5. The fourth-order valence-electron chi connectivity index (χ4n) is 4.33. The Morgan fingerprint density at radius 3 is 2.17 bits per heavy atom. The van der Waals surface area contributed by atoms with E-state index < -0.39 is 42.0 Å². The van der Waals surface area contributed by atoms with Gasteiger partial charge in [-0.2, -0.15) is 0 Å². The van der Waals surface area contributed by atoms with Gasteiger partial charge in [0.2, 0.25) is 5.91 Å². The number of ether oxygens (including phenoxy) is 1. The summed E-state index contributed by atoms with van der Waals surface area (Å²) in [5.41, 5.74) is 8.21. The maximum Gasteiger partial charge on any atom is 0.573 e. The Labute approximate surface area is 228 Å². The summed E-state index contributed by atoms with van der Waals surface area (Å²) in [6, 6.07) is 20.5. The Balaban J connectivity index is 1.50. The largest absolute Gasteiger partial charge is 0.573 e. The van der Waals surface area contributed by atoms with Gasteiger partial charge in [-0.25, -0.2) is 4.98 Å². The average Bonchev–Trinajstić information content (AvgIpc) is 2.92. The molecule has 0 aliphatic heterocycles. The zero-order valence-electron chi connectivity index (χ0n) is 21.2. The van der Waals surface area contributed by atoms with Crippen molar-refractivity contribution < 1.29 is 32.6 Å². The van der Waals surface area contributed by atoms with Crippen LogP contribution in [0.4, 0.5) is 13.2 Å². The zero-order valence-corrected chi connectivity index (χ0v) is 21.2. The first kappa shape index (κ1) is 28.5. The summed E-state index contributed by atoms with van der Waals surface area (Å²) in [5.74, 6) is -2.50. The molecule has 4 aromatic rings. The van der Waals surface area contributed by atoms with Gasteiger partial charge in [0.25, 0.3) is 5.91 Å². The van der Waals surface area contributed by atoms with Crippen molar-refractivity contribution in [1.82, 2.24) is 15.3 Å². The highest BCUT2D eigenvalue weighted by atomic mass is 19.4. The molecule has 40 heavy (non-hydrogen) atoms. The van der Waals surface area contributed by atoms with Crippen LogP contribution in [0.15, 0.2) is 85.1 Å². The Kier molecular flexibility index (Phi) is 8.95. The van der Waals surface area contributed by atoms with Crippen molar-refractivity contribution in [2.75, 3.05) is 0 Å². The highest BCUT2D eigenvalue weighted by Crippen LogP contribution is 2.24. The van der Waals surface area contributed by atoms with Gasteiger partial charge in [0.05, 0.1) is 29.4 Å². The summed E-state index contributed by atoms with van der Waals surface area (Å²) in [7, 11) is 0. The Morgan fingerprint density at radius 2 is 1.52 bits per heavy atom. The maximum atomic E-state index is 13.1. The number of carbonyl (C=O) groups is 2. The molecule has 1 heterocycles. The predicted octanol–water partition coefficient (Wildman–Crippen LogP) is 3.96. The minimum absolute atomic E-state index is 0.0663. The Hall–Kier alpha value is -4.51. The second-order valence-corrected chi connectivity index (χ2v) is 9.31. The second kappa shape index (κ2) is 12.6. The van der Waals surface area contributed by atoms with Crippen LogP contribution in [0.1, 0.15) is 28.0 Å². The van der Waals surface area contributed by atoms with Crippen molar-refractivity contribution in [3.8, 4) is 5.75 Å².